The van der Waals surface area contributed by atoms with E-state index in [1.807, 2.05) is 12.3 Å². The van der Waals surface area contributed by atoms with Crippen LogP contribution in [0.1, 0.15) is 36.1 Å². The molecule has 5 rings (SSSR count). The number of hydrogen-bond acceptors (Lipinski definition) is 1. The average Bonchev–Trinajstić information content (AvgIpc) is 2.86. The van der Waals surface area contributed by atoms with Crippen LogP contribution in [-0.2, 0) is 5.41 Å². The maximum Gasteiger partial charge on any atom is 0.0705 e. The fraction of sp³-hybridized carbons (Fsp3) is 0.192. The highest BCUT2D eigenvalue weighted by molar-refractivity contribution is 5.92. The summed E-state index contributed by atoms with van der Waals surface area (Å²) in [6.07, 6.45) is 1.88. The van der Waals surface area contributed by atoms with Crippen molar-refractivity contribution in [2.45, 2.75) is 33.1 Å². The van der Waals surface area contributed by atoms with Crippen LogP contribution < -0.4 is 0 Å². The van der Waals surface area contributed by atoms with Crippen LogP contribution in [0.4, 0.5) is 0 Å². The molecule has 1 heteroatoms. The van der Waals surface area contributed by atoms with Gasteiger partial charge in [-0.3, -0.25) is 4.98 Å². The van der Waals surface area contributed by atoms with Gasteiger partial charge >= 0.3 is 0 Å². The Kier molecular flexibility index (Phi) is 3.33. The van der Waals surface area contributed by atoms with Gasteiger partial charge in [-0.15, -0.1) is 0 Å². The first-order valence-corrected chi connectivity index (χ1v) is 9.56. The highest BCUT2D eigenvalue weighted by Gasteiger charge is 2.36. The maximum absolute atomic E-state index is 4.57. The summed E-state index contributed by atoms with van der Waals surface area (Å²) in [6.45, 7) is 9.00. The summed E-state index contributed by atoms with van der Waals surface area (Å²) >= 11 is 0. The lowest BCUT2D eigenvalue weighted by Crippen LogP contribution is -2.15. The minimum absolute atomic E-state index is 0.0226. The van der Waals surface area contributed by atoms with E-state index < -0.39 is 0 Å². The molecule has 1 aliphatic rings. The van der Waals surface area contributed by atoms with E-state index in [2.05, 4.69) is 87.3 Å². The third-order valence-corrected chi connectivity index (χ3v) is 5.95. The number of fused-ring (bicyclic) bond motifs is 4. The molecular weight excluding hydrogens is 326 g/mol. The number of aryl methyl sites for hydroxylation is 2. The monoisotopic (exact) mass is 349 g/mol. The van der Waals surface area contributed by atoms with Crippen LogP contribution in [0.2, 0.25) is 0 Å². The summed E-state index contributed by atoms with van der Waals surface area (Å²) in [7, 11) is 0. The molecule has 132 valence electrons. The highest BCUT2D eigenvalue weighted by atomic mass is 14.6. The first-order valence-electron chi connectivity index (χ1n) is 9.56. The van der Waals surface area contributed by atoms with Gasteiger partial charge in [0.05, 0.1) is 5.52 Å². The lowest BCUT2D eigenvalue weighted by Gasteiger charge is -2.22. The first kappa shape index (κ1) is 16.3. The van der Waals surface area contributed by atoms with Gasteiger partial charge in [-0.05, 0) is 71.5 Å². The van der Waals surface area contributed by atoms with Crippen molar-refractivity contribution >= 4 is 10.9 Å². The minimum atomic E-state index is -0.0226. The second-order valence-electron chi connectivity index (χ2n) is 8.36. The normalized spacial score (nSPS) is 14.2. The van der Waals surface area contributed by atoms with E-state index in [0.717, 1.165) is 5.52 Å². The summed E-state index contributed by atoms with van der Waals surface area (Å²) < 4.78 is 0. The molecule has 0 saturated carbocycles. The van der Waals surface area contributed by atoms with Crippen LogP contribution in [0.15, 0.2) is 66.9 Å². The maximum atomic E-state index is 4.57. The lowest BCUT2D eigenvalue weighted by molar-refractivity contribution is 0.661. The molecule has 0 spiro atoms. The number of benzene rings is 3. The average molecular weight is 349 g/mol. The summed E-state index contributed by atoms with van der Waals surface area (Å²) in [5.74, 6) is 0. The predicted molar refractivity (Wildman–Crippen MR) is 114 cm³/mol. The van der Waals surface area contributed by atoms with Crippen LogP contribution in [0.5, 0.6) is 0 Å². The second kappa shape index (κ2) is 5.53. The van der Waals surface area contributed by atoms with Crippen molar-refractivity contribution < 1.29 is 0 Å². The zero-order valence-corrected chi connectivity index (χ0v) is 16.3. The van der Waals surface area contributed by atoms with Crippen molar-refractivity contribution in [3.8, 4) is 22.3 Å². The fourth-order valence-electron chi connectivity index (χ4n) is 4.62. The highest BCUT2D eigenvalue weighted by Crippen LogP contribution is 2.50. The van der Waals surface area contributed by atoms with Crippen molar-refractivity contribution in [2.24, 2.45) is 0 Å². The number of hydrogen-bond donors (Lipinski definition) is 0. The van der Waals surface area contributed by atoms with Crippen molar-refractivity contribution in [3.05, 3.63) is 89.1 Å². The van der Waals surface area contributed by atoms with E-state index in [4.69, 9.17) is 0 Å². The van der Waals surface area contributed by atoms with Gasteiger partial charge in [0.25, 0.3) is 0 Å². The Bertz CT molecular complexity index is 1190. The third-order valence-electron chi connectivity index (χ3n) is 5.95. The summed E-state index contributed by atoms with van der Waals surface area (Å²) in [5.41, 5.74) is 11.8. The molecular formula is C26H23N. The zero-order valence-electron chi connectivity index (χ0n) is 16.3. The second-order valence-corrected chi connectivity index (χ2v) is 8.36. The van der Waals surface area contributed by atoms with Gasteiger partial charge in [0.1, 0.15) is 0 Å². The molecule has 0 radical (unpaired) electrons. The molecule has 1 aromatic heterocycles. The molecule has 0 atom stereocenters. The molecule has 27 heavy (non-hydrogen) atoms. The smallest absolute Gasteiger partial charge is 0.0705 e. The summed E-state index contributed by atoms with van der Waals surface area (Å²) in [5, 5.41) is 1.21. The van der Waals surface area contributed by atoms with Gasteiger partial charge < -0.3 is 0 Å². The predicted octanol–water partition coefficient (Wildman–Crippen LogP) is 6.82. The summed E-state index contributed by atoms with van der Waals surface area (Å²) in [4.78, 5) is 4.57. The molecule has 1 nitrogen and oxygen atoms in total. The number of rotatable bonds is 1. The van der Waals surface area contributed by atoms with E-state index in [1.54, 1.807) is 0 Å². The van der Waals surface area contributed by atoms with Gasteiger partial charge in [0.2, 0.25) is 0 Å². The lowest BCUT2D eigenvalue weighted by atomic mass is 9.81. The number of aromatic nitrogens is 1. The third kappa shape index (κ3) is 2.42. The van der Waals surface area contributed by atoms with Gasteiger partial charge in [0.15, 0.2) is 0 Å². The fourth-order valence-corrected chi connectivity index (χ4v) is 4.62. The van der Waals surface area contributed by atoms with Crippen LogP contribution in [0, 0.1) is 13.8 Å². The first-order chi connectivity index (χ1) is 12.9. The molecule has 0 N–H and O–H groups in total. The Labute approximate surface area is 160 Å². The Balaban J connectivity index is 1.73. The van der Waals surface area contributed by atoms with E-state index in [-0.39, 0.29) is 5.41 Å². The molecule has 0 unspecified atom stereocenters. The standard InChI is InChI=1S/C26H23N/c1-16-10-17(2)12-20(11-16)18-7-8-21-22-13-19-6-5-9-27-25(19)15-24(22)26(3,4)23(21)14-18/h5-15H,1-4H3. The quantitative estimate of drug-likeness (QED) is 0.367. The Hall–Kier alpha value is -2.93. The molecule has 1 heterocycles. The van der Waals surface area contributed by atoms with Crippen molar-refractivity contribution in [2.75, 3.05) is 0 Å². The molecule has 4 aromatic rings. The topological polar surface area (TPSA) is 12.9 Å². The van der Waals surface area contributed by atoms with Crippen molar-refractivity contribution in [1.29, 1.82) is 0 Å². The van der Waals surface area contributed by atoms with E-state index in [9.17, 15) is 0 Å². The van der Waals surface area contributed by atoms with Crippen molar-refractivity contribution in [1.82, 2.24) is 4.98 Å². The van der Waals surface area contributed by atoms with E-state index >= 15 is 0 Å². The molecule has 0 bridgehead atoms. The van der Waals surface area contributed by atoms with Crippen LogP contribution in [0.3, 0.4) is 0 Å². The van der Waals surface area contributed by atoms with E-state index in [0.29, 0.717) is 0 Å². The molecule has 0 amide bonds. The molecule has 0 fully saturated rings. The minimum Gasteiger partial charge on any atom is -0.256 e. The van der Waals surface area contributed by atoms with Gasteiger partial charge in [-0.1, -0.05) is 61.4 Å². The van der Waals surface area contributed by atoms with Crippen LogP contribution in [-0.4, -0.2) is 4.98 Å². The Morgan fingerprint density at radius 1 is 0.704 bits per heavy atom. The molecule has 0 aliphatic heterocycles. The van der Waals surface area contributed by atoms with Gasteiger partial charge in [-0.2, -0.15) is 0 Å². The molecule has 0 saturated heterocycles. The van der Waals surface area contributed by atoms with Crippen LogP contribution in [0.25, 0.3) is 33.2 Å². The number of nitrogens with zero attached hydrogens (tertiary/aromatic N) is 1. The molecule has 1 aliphatic carbocycles. The van der Waals surface area contributed by atoms with Gasteiger partial charge in [0, 0.05) is 17.0 Å². The summed E-state index contributed by atoms with van der Waals surface area (Å²) in [6, 6.07) is 22.5. The Morgan fingerprint density at radius 3 is 2.22 bits per heavy atom. The largest absolute Gasteiger partial charge is 0.256 e. The Morgan fingerprint density at radius 2 is 1.44 bits per heavy atom. The SMILES string of the molecule is Cc1cc(C)cc(-c2ccc3c(c2)C(C)(C)c2cc4ncccc4cc2-3)c1. The van der Waals surface area contributed by atoms with Crippen molar-refractivity contribution in [3.63, 3.8) is 0 Å². The van der Waals surface area contributed by atoms with E-state index in [1.165, 1.54) is 49.9 Å². The van der Waals surface area contributed by atoms with Crippen LogP contribution >= 0.6 is 0 Å². The zero-order chi connectivity index (χ0) is 18.8. The van der Waals surface area contributed by atoms with Gasteiger partial charge in [-0.25, -0.2) is 0 Å². The number of pyridine rings is 1. The molecule has 3 aromatic carbocycles.